The van der Waals surface area contributed by atoms with E-state index in [1.54, 1.807) is 4.90 Å². The molecule has 6 heteroatoms. The Bertz CT molecular complexity index is 309. The standard InChI is InChI=1S/C9H14BrN5/c1-7(9(10)14-12)13-8-2-4-15(6-11)5-3-8/h8H,2-5,12H2,1H3/b13-7?,14-9+. The molecule has 2 N–H and O–H groups in total. The van der Waals surface area contributed by atoms with E-state index in [0.29, 0.717) is 4.62 Å². The van der Waals surface area contributed by atoms with E-state index in [-0.39, 0.29) is 6.04 Å². The number of hydrazone groups is 1. The molecule has 0 aromatic carbocycles. The van der Waals surface area contributed by atoms with Gasteiger partial charge in [0.25, 0.3) is 0 Å². The van der Waals surface area contributed by atoms with Crippen molar-refractivity contribution < 1.29 is 0 Å². The number of hydrogen-bond acceptors (Lipinski definition) is 5. The van der Waals surface area contributed by atoms with Crippen LogP contribution in [0.2, 0.25) is 0 Å². The van der Waals surface area contributed by atoms with Crippen molar-refractivity contribution in [3.8, 4) is 6.19 Å². The lowest BCUT2D eigenvalue weighted by Crippen LogP contribution is -2.32. The van der Waals surface area contributed by atoms with E-state index < -0.39 is 0 Å². The van der Waals surface area contributed by atoms with E-state index in [0.717, 1.165) is 31.6 Å². The fourth-order valence-corrected chi connectivity index (χ4v) is 1.62. The molecule has 1 rings (SSSR count). The summed E-state index contributed by atoms with van der Waals surface area (Å²) in [6, 6.07) is 0.281. The molecule has 0 aromatic heterocycles. The van der Waals surface area contributed by atoms with Crippen LogP contribution in [0.25, 0.3) is 0 Å². The molecule has 1 aliphatic heterocycles. The summed E-state index contributed by atoms with van der Waals surface area (Å²) in [6.45, 7) is 3.45. The van der Waals surface area contributed by atoms with Crippen LogP contribution in [0.4, 0.5) is 0 Å². The topological polar surface area (TPSA) is 77.8 Å². The van der Waals surface area contributed by atoms with Gasteiger partial charge in [-0.1, -0.05) is 0 Å². The summed E-state index contributed by atoms with van der Waals surface area (Å²) >= 11 is 3.23. The van der Waals surface area contributed by atoms with E-state index in [9.17, 15) is 0 Å². The Morgan fingerprint density at radius 2 is 2.13 bits per heavy atom. The first-order valence-electron chi connectivity index (χ1n) is 4.80. The van der Waals surface area contributed by atoms with Gasteiger partial charge in [0.2, 0.25) is 0 Å². The van der Waals surface area contributed by atoms with Gasteiger partial charge < -0.3 is 10.7 Å². The first kappa shape index (κ1) is 12.0. The van der Waals surface area contributed by atoms with Crippen molar-refractivity contribution in [3.63, 3.8) is 0 Å². The van der Waals surface area contributed by atoms with E-state index in [1.165, 1.54) is 0 Å². The van der Waals surface area contributed by atoms with Crippen LogP contribution in [0, 0.1) is 11.5 Å². The van der Waals surface area contributed by atoms with Gasteiger partial charge in [0.15, 0.2) is 6.19 Å². The molecule has 0 aliphatic carbocycles. The number of aliphatic imine (C=N–C) groups is 1. The van der Waals surface area contributed by atoms with Crippen molar-refractivity contribution in [2.24, 2.45) is 15.9 Å². The van der Waals surface area contributed by atoms with Crippen LogP contribution < -0.4 is 5.84 Å². The average molecular weight is 272 g/mol. The Hall–Kier alpha value is -1.09. The van der Waals surface area contributed by atoms with Crippen molar-refractivity contribution in [1.29, 1.82) is 5.26 Å². The number of rotatable bonds is 2. The Morgan fingerprint density at radius 1 is 1.53 bits per heavy atom. The van der Waals surface area contributed by atoms with E-state index in [2.05, 4.69) is 32.2 Å². The van der Waals surface area contributed by atoms with Crippen LogP contribution in [0.1, 0.15) is 19.8 Å². The van der Waals surface area contributed by atoms with E-state index >= 15 is 0 Å². The van der Waals surface area contributed by atoms with Crippen molar-refractivity contribution >= 4 is 26.3 Å². The van der Waals surface area contributed by atoms with Crippen LogP contribution >= 0.6 is 15.9 Å². The Balaban J connectivity index is 2.52. The second kappa shape index (κ2) is 5.71. The smallest absolute Gasteiger partial charge is 0.179 e. The maximum atomic E-state index is 8.68. The van der Waals surface area contributed by atoms with Crippen molar-refractivity contribution in [3.05, 3.63) is 0 Å². The molecule has 1 saturated heterocycles. The van der Waals surface area contributed by atoms with E-state index in [1.807, 2.05) is 6.92 Å². The van der Waals surface area contributed by atoms with Gasteiger partial charge >= 0.3 is 0 Å². The van der Waals surface area contributed by atoms with Crippen LogP contribution in [-0.2, 0) is 0 Å². The molecule has 0 atom stereocenters. The molecule has 1 aliphatic rings. The zero-order chi connectivity index (χ0) is 11.3. The summed E-state index contributed by atoms with van der Waals surface area (Å²) in [7, 11) is 0. The average Bonchev–Trinajstić information content (AvgIpc) is 2.29. The number of nitrogens with two attached hydrogens (primary N) is 1. The summed E-state index contributed by atoms with van der Waals surface area (Å²) in [4.78, 5) is 6.26. The zero-order valence-corrected chi connectivity index (χ0v) is 10.2. The molecule has 0 saturated carbocycles. The van der Waals surface area contributed by atoms with Crippen LogP contribution in [0.15, 0.2) is 10.1 Å². The molecule has 1 fully saturated rings. The highest BCUT2D eigenvalue weighted by atomic mass is 79.9. The molecular formula is C9H14BrN5. The van der Waals surface area contributed by atoms with Gasteiger partial charge in [0.05, 0.1) is 11.8 Å². The van der Waals surface area contributed by atoms with Gasteiger partial charge in [0, 0.05) is 13.1 Å². The number of likely N-dealkylation sites (tertiary alicyclic amines) is 1. The largest absolute Gasteiger partial charge is 0.322 e. The predicted octanol–water partition coefficient (Wildman–Crippen LogP) is 1.06. The maximum absolute atomic E-state index is 8.68. The molecule has 0 radical (unpaired) electrons. The third kappa shape index (κ3) is 3.51. The summed E-state index contributed by atoms with van der Waals surface area (Å²) in [5.41, 5.74) is 0.813. The third-order valence-corrected chi connectivity index (χ3v) is 3.17. The Morgan fingerprint density at radius 3 is 2.60 bits per heavy atom. The molecule has 0 aromatic rings. The van der Waals surface area contributed by atoms with Gasteiger partial charge in [-0.25, -0.2) is 0 Å². The second-order valence-electron chi connectivity index (χ2n) is 3.45. The second-order valence-corrected chi connectivity index (χ2v) is 4.20. The fourth-order valence-electron chi connectivity index (χ4n) is 1.52. The normalized spacial score (nSPS) is 20.2. The lowest BCUT2D eigenvalue weighted by atomic mass is 10.1. The monoisotopic (exact) mass is 271 g/mol. The molecule has 5 nitrogen and oxygen atoms in total. The summed E-state index contributed by atoms with van der Waals surface area (Å²) in [5.74, 6) is 5.13. The molecule has 82 valence electrons. The summed E-state index contributed by atoms with van der Waals surface area (Å²) < 4.78 is 0.588. The molecular weight excluding hydrogens is 258 g/mol. The Labute approximate surface area is 97.8 Å². The SMILES string of the molecule is CC(=NC1CCN(C#N)CC1)/C(Br)=N\N. The minimum absolute atomic E-state index is 0.281. The van der Waals surface area contributed by atoms with E-state index in [4.69, 9.17) is 11.1 Å². The van der Waals surface area contributed by atoms with Gasteiger partial charge in [0.1, 0.15) is 4.62 Å². The lowest BCUT2D eigenvalue weighted by Gasteiger charge is -2.25. The zero-order valence-electron chi connectivity index (χ0n) is 8.65. The Kier molecular flexibility index (Phi) is 4.56. The minimum atomic E-state index is 0.281. The molecule has 0 amide bonds. The van der Waals surface area contributed by atoms with Gasteiger partial charge in [-0.3, -0.25) is 4.99 Å². The molecule has 15 heavy (non-hydrogen) atoms. The van der Waals surface area contributed by atoms with Gasteiger partial charge in [-0.15, -0.1) is 0 Å². The van der Waals surface area contributed by atoms with Gasteiger partial charge in [-0.05, 0) is 35.7 Å². The highest BCUT2D eigenvalue weighted by Gasteiger charge is 2.17. The van der Waals surface area contributed by atoms with Crippen LogP contribution in [-0.4, -0.2) is 34.4 Å². The minimum Gasteiger partial charge on any atom is -0.322 e. The third-order valence-electron chi connectivity index (χ3n) is 2.39. The van der Waals surface area contributed by atoms with Crippen molar-refractivity contribution in [1.82, 2.24) is 4.90 Å². The summed E-state index contributed by atoms with van der Waals surface area (Å²) in [6.07, 6.45) is 3.97. The number of piperidine rings is 1. The summed E-state index contributed by atoms with van der Waals surface area (Å²) in [5, 5.41) is 12.2. The predicted molar refractivity (Wildman–Crippen MR) is 63.9 cm³/mol. The molecule has 1 heterocycles. The highest BCUT2D eigenvalue weighted by molar-refractivity contribution is 9.19. The van der Waals surface area contributed by atoms with Crippen molar-refractivity contribution in [2.75, 3.05) is 13.1 Å². The molecule has 0 bridgehead atoms. The number of nitrogens with zero attached hydrogens (tertiary/aromatic N) is 4. The maximum Gasteiger partial charge on any atom is 0.179 e. The fraction of sp³-hybridized carbons (Fsp3) is 0.667. The first-order valence-corrected chi connectivity index (χ1v) is 5.59. The van der Waals surface area contributed by atoms with Gasteiger partial charge in [-0.2, -0.15) is 10.4 Å². The first-order chi connectivity index (χ1) is 7.17. The molecule has 0 spiro atoms. The van der Waals surface area contributed by atoms with Crippen LogP contribution in [0.3, 0.4) is 0 Å². The number of halogens is 1. The quantitative estimate of drug-likeness (QED) is 0.353. The number of hydrogen-bond donors (Lipinski definition) is 1. The number of nitriles is 1. The lowest BCUT2D eigenvalue weighted by molar-refractivity contribution is 0.297. The van der Waals surface area contributed by atoms with Crippen molar-refractivity contribution in [2.45, 2.75) is 25.8 Å². The highest BCUT2D eigenvalue weighted by Crippen LogP contribution is 2.13. The van der Waals surface area contributed by atoms with Crippen LogP contribution in [0.5, 0.6) is 0 Å². The molecule has 0 unspecified atom stereocenters.